The van der Waals surface area contributed by atoms with Crippen LogP contribution < -0.4 is 0 Å². The largest absolute Gasteiger partial charge is 0.309 e. The highest BCUT2D eigenvalue weighted by atomic mass is 16.1. The highest BCUT2D eigenvalue weighted by Gasteiger charge is 2.51. The number of rotatable bonds is 6. The van der Waals surface area contributed by atoms with Gasteiger partial charge in [-0.05, 0) is 62.8 Å². The first-order chi connectivity index (χ1) is 15.0. The van der Waals surface area contributed by atoms with Gasteiger partial charge in [0.1, 0.15) is 5.78 Å². The van der Waals surface area contributed by atoms with Crippen molar-refractivity contribution in [3.63, 3.8) is 0 Å². The lowest BCUT2D eigenvalue weighted by Gasteiger charge is -2.53. The normalized spacial score (nSPS) is 28.2. The fourth-order valence-corrected chi connectivity index (χ4v) is 6.74. The molecule has 31 heavy (non-hydrogen) atoms. The zero-order chi connectivity index (χ0) is 21.3. The molecule has 6 rings (SSSR count). The fraction of sp³-hybridized carbons (Fsp3) is 0.556. The number of fused-ring (bicyclic) bond motifs is 3. The Morgan fingerprint density at radius 3 is 2.77 bits per heavy atom. The second kappa shape index (κ2) is 6.90. The van der Waals surface area contributed by atoms with Crippen LogP contribution in [0.25, 0.3) is 16.6 Å². The smallest absolute Gasteiger partial charge is 0.179 e. The summed E-state index contributed by atoms with van der Waals surface area (Å²) in [5.41, 5.74) is 4.81. The molecule has 2 fully saturated rings. The van der Waals surface area contributed by atoms with Crippen molar-refractivity contribution in [1.29, 1.82) is 0 Å². The third-order valence-corrected chi connectivity index (χ3v) is 8.49. The third kappa shape index (κ3) is 2.77. The van der Waals surface area contributed by atoms with Crippen LogP contribution >= 0.6 is 0 Å². The Morgan fingerprint density at radius 2 is 2.00 bits per heavy atom. The van der Waals surface area contributed by atoms with E-state index in [9.17, 15) is 9.59 Å². The summed E-state index contributed by atoms with van der Waals surface area (Å²) in [4.78, 5) is 29.0. The van der Waals surface area contributed by atoms with Crippen LogP contribution in [0.4, 0.5) is 0 Å². The summed E-state index contributed by atoms with van der Waals surface area (Å²) in [6, 6.07) is 8.96. The van der Waals surface area contributed by atoms with Crippen molar-refractivity contribution < 1.29 is 9.59 Å². The van der Waals surface area contributed by atoms with E-state index in [-0.39, 0.29) is 28.8 Å². The van der Waals surface area contributed by atoms with E-state index in [0.717, 1.165) is 56.4 Å². The molecule has 0 N–H and O–H groups in total. The van der Waals surface area contributed by atoms with E-state index < -0.39 is 0 Å². The van der Waals surface area contributed by atoms with Crippen molar-refractivity contribution in [1.82, 2.24) is 9.47 Å². The summed E-state index contributed by atoms with van der Waals surface area (Å²) < 4.78 is 2.29. The molecule has 0 spiro atoms. The van der Waals surface area contributed by atoms with Crippen molar-refractivity contribution in [3.05, 3.63) is 41.6 Å². The predicted molar refractivity (Wildman–Crippen MR) is 123 cm³/mol. The molecule has 1 saturated carbocycles. The van der Waals surface area contributed by atoms with Gasteiger partial charge in [-0.2, -0.15) is 0 Å². The number of hydrogen-bond acceptors (Lipinski definition) is 3. The van der Waals surface area contributed by atoms with Crippen molar-refractivity contribution >= 4 is 28.2 Å². The number of aromatic nitrogens is 1. The first-order valence-corrected chi connectivity index (χ1v) is 12.2. The summed E-state index contributed by atoms with van der Waals surface area (Å²) >= 11 is 0. The van der Waals surface area contributed by atoms with Gasteiger partial charge in [-0.25, -0.2) is 0 Å². The number of para-hydroxylation sites is 1. The Bertz CT molecular complexity index is 1120. The van der Waals surface area contributed by atoms with Gasteiger partial charge in [0.05, 0.1) is 17.3 Å². The minimum Gasteiger partial charge on any atom is -0.309 e. The third-order valence-electron chi connectivity index (χ3n) is 8.49. The zero-order valence-electron chi connectivity index (χ0n) is 18.7. The number of carbonyl (C=O) groups is 2. The standard InChI is InChI=1S/C27H32N2O2/c1-3-27-12-6-13-28-14-11-20-19-7-4-5-8-21(19)29(24(20)26(27)28)22(16-27)23(30)15-17(2)25(31)18-9-10-18/h4-5,7-8,16-18,26H,3,6,9-15H2,1-2H3/t17-,26-,27+/m1/s1. The molecule has 2 aromatic rings. The van der Waals surface area contributed by atoms with E-state index in [2.05, 4.69) is 46.7 Å². The Morgan fingerprint density at radius 1 is 1.19 bits per heavy atom. The minimum absolute atomic E-state index is 0.0204. The van der Waals surface area contributed by atoms with Gasteiger partial charge in [0.15, 0.2) is 5.78 Å². The Balaban J connectivity index is 1.51. The molecule has 4 heteroatoms. The molecule has 162 valence electrons. The molecule has 0 amide bonds. The SMILES string of the molecule is CC[C@@]12C=C(C(=O)C[C@@H](C)C(=O)C3CC3)n3c4c(c5ccccc53)CCN(CCC1)[C@H]42. The van der Waals surface area contributed by atoms with Crippen LogP contribution in [-0.2, 0) is 16.0 Å². The lowest BCUT2D eigenvalue weighted by molar-refractivity contribution is -0.126. The number of benzene rings is 1. The molecule has 4 nitrogen and oxygen atoms in total. The lowest BCUT2D eigenvalue weighted by atomic mass is 9.66. The zero-order valence-corrected chi connectivity index (χ0v) is 18.7. The molecule has 4 aliphatic rings. The summed E-state index contributed by atoms with van der Waals surface area (Å²) in [5, 5.41) is 1.30. The van der Waals surface area contributed by atoms with Crippen molar-refractivity contribution in [2.45, 2.75) is 64.8 Å². The quantitative estimate of drug-likeness (QED) is 0.653. The number of allylic oxidation sites excluding steroid dienone is 1. The second-order valence-electron chi connectivity index (χ2n) is 10.3. The number of ketones is 2. The summed E-state index contributed by atoms with van der Waals surface area (Å²) in [7, 11) is 0. The van der Waals surface area contributed by atoms with Gasteiger partial charge in [-0.15, -0.1) is 0 Å². The molecule has 0 bridgehead atoms. The average Bonchev–Trinajstić information content (AvgIpc) is 3.59. The first kappa shape index (κ1) is 19.5. The number of hydrogen-bond donors (Lipinski definition) is 0. The number of nitrogens with zero attached hydrogens (tertiary/aromatic N) is 2. The van der Waals surface area contributed by atoms with Crippen LogP contribution in [-0.4, -0.2) is 34.1 Å². The number of carbonyl (C=O) groups excluding carboxylic acids is 2. The molecule has 0 unspecified atom stereocenters. The van der Waals surface area contributed by atoms with Crippen LogP contribution in [0.2, 0.25) is 0 Å². The molecular weight excluding hydrogens is 384 g/mol. The molecule has 1 aromatic carbocycles. The number of piperidine rings is 1. The van der Waals surface area contributed by atoms with Gasteiger partial charge in [0.25, 0.3) is 0 Å². The summed E-state index contributed by atoms with van der Waals surface area (Å²) in [6.45, 7) is 6.49. The Kier molecular flexibility index (Phi) is 4.34. The molecule has 0 radical (unpaired) electrons. The maximum Gasteiger partial charge on any atom is 0.179 e. The topological polar surface area (TPSA) is 42.3 Å². The highest BCUT2D eigenvalue weighted by molar-refractivity contribution is 6.18. The monoisotopic (exact) mass is 416 g/mol. The molecular formula is C27H32N2O2. The van der Waals surface area contributed by atoms with Gasteiger partial charge in [-0.3, -0.25) is 14.5 Å². The van der Waals surface area contributed by atoms with Gasteiger partial charge >= 0.3 is 0 Å². The van der Waals surface area contributed by atoms with Gasteiger partial charge in [-0.1, -0.05) is 32.0 Å². The fourth-order valence-electron chi connectivity index (χ4n) is 6.74. The van der Waals surface area contributed by atoms with Gasteiger partial charge < -0.3 is 4.57 Å². The average molecular weight is 417 g/mol. The summed E-state index contributed by atoms with van der Waals surface area (Å²) in [6.07, 6.45) is 9.09. The molecule has 4 heterocycles. The predicted octanol–water partition coefficient (Wildman–Crippen LogP) is 5.16. The lowest BCUT2D eigenvalue weighted by Crippen LogP contribution is -2.51. The Labute approximate surface area is 184 Å². The van der Waals surface area contributed by atoms with Crippen LogP contribution in [0.3, 0.4) is 0 Å². The first-order valence-electron chi connectivity index (χ1n) is 12.2. The molecule has 1 aromatic heterocycles. The van der Waals surface area contributed by atoms with Crippen molar-refractivity contribution in [3.8, 4) is 0 Å². The molecule has 3 atom stereocenters. The van der Waals surface area contributed by atoms with E-state index in [4.69, 9.17) is 0 Å². The Hall–Kier alpha value is -2.20. The minimum atomic E-state index is -0.184. The van der Waals surface area contributed by atoms with Crippen LogP contribution in [0.5, 0.6) is 0 Å². The second-order valence-corrected chi connectivity index (χ2v) is 10.3. The van der Waals surface area contributed by atoms with E-state index in [1.54, 1.807) is 0 Å². The highest BCUT2D eigenvalue weighted by Crippen LogP contribution is 2.57. The van der Waals surface area contributed by atoms with Crippen molar-refractivity contribution in [2.75, 3.05) is 13.1 Å². The maximum atomic E-state index is 13.7. The van der Waals surface area contributed by atoms with Gasteiger partial charge in [0, 0.05) is 41.3 Å². The van der Waals surface area contributed by atoms with E-state index >= 15 is 0 Å². The maximum absolute atomic E-state index is 13.7. The molecule has 1 saturated heterocycles. The molecule has 1 aliphatic carbocycles. The van der Waals surface area contributed by atoms with E-state index in [1.165, 1.54) is 23.1 Å². The van der Waals surface area contributed by atoms with Crippen LogP contribution in [0, 0.1) is 17.3 Å². The van der Waals surface area contributed by atoms with E-state index in [0.29, 0.717) is 12.5 Å². The van der Waals surface area contributed by atoms with Crippen LogP contribution in [0.15, 0.2) is 30.3 Å². The van der Waals surface area contributed by atoms with Gasteiger partial charge in [0.2, 0.25) is 0 Å². The summed E-state index contributed by atoms with van der Waals surface area (Å²) in [5.74, 6) is 0.452. The molecule has 3 aliphatic heterocycles. The van der Waals surface area contributed by atoms with Crippen LogP contribution in [0.1, 0.15) is 69.7 Å². The van der Waals surface area contributed by atoms with Crippen molar-refractivity contribution in [2.24, 2.45) is 17.3 Å². The van der Waals surface area contributed by atoms with E-state index in [1.807, 2.05) is 6.92 Å². The number of Topliss-reactive ketones (excluding diaryl/α,β-unsaturated/α-hetero) is 2.